The maximum absolute atomic E-state index is 6.70. The van der Waals surface area contributed by atoms with Gasteiger partial charge in [-0.2, -0.15) is 0 Å². The predicted octanol–water partition coefficient (Wildman–Crippen LogP) is 13.0. The molecule has 236 valence electrons. The molecule has 0 amide bonds. The van der Waals surface area contributed by atoms with Gasteiger partial charge in [-0.25, -0.2) is 4.98 Å². The summed E-state index contributed by atoms with van der Waals surface area (Å²) in [6, 6.07) is 32.1. The van der Waals surface area contributed by atoms with Crippen molar-refractivity contribution in [2.45, 2.75) is 27.2 Å². The van der Waals surface area contributed by atoms with Gasteiger partial charge in [-0.05, 0) is 66.2 Å². The molecule has 47 heavy (non-hydrogen) atoms. The molecule has 3 aromatic heterocycles. The molecule has 4 nitrogen and oxygen atoms in total. The maximum Gasteiger partial charge on any atom is 0.227 e. The molecule has 0 unspecified atom stereocenters. The van der Waals surface area contributed by atoms with Gasteiger partial charge in [-0.15, -0.1) is 11.3 Å². The zero-order chi connectivity index (χ0) is 33.1. The second-order valence-electron chi connectivity index (χ2n) is 11.2. The molecule has 0 aliphatic carbocycles. The first-order valence-corrected chi connectivity index (χ1v) is 16.9. The molecule has 0 N–H and O–H groups in total. The molecule has 0 spiro atoms. The molecule has 0 saturated carbocycles. The lowest BCUT2D eigenvalue weighted by molar-refractivity contribution is 0.277. The van der Waals surface area contributed by atoms with Crippen LogP contribution in [-0.2, 0) is 4.74 Å². The van der Waals surface area contributed by atoms with E-state index in [1.165, 1.54) is 39.0 Å². The Bertz CT molecular complexity index is 2390. The lowest BCUT2D eigenvalue weighted by Crippen LogP contribution is -1.93. The Morgan fingerprint density at radius 3 is 2.23 bits per heavy atom. The molecule has 0 radical (unpaired) electrons. The van der Waals surface area contributed by atoms with Crippen molar-refractivity contribution in [3.63, 3.8) is 0 Å². The van der Waals surface area contributed by atoms with Crippen LogP contribution in [0.15, 0.2) is 108 Å². The van der Waals surface area contributed by atoms with E-state index in [0.29, 0.717) is 22.0 Å². The van der Waals surface area contributed by atoms with E-state index in [0.717, 1.165) is 31.8 Å². The average Bonchev–Trinajstić information content (AvgIpc) is 3.77. The Morgan fingerprint density at radius 2 is 1.55 bits per heavy atom. The fourth-order valence-corrected chi connectivity index (χ4v) is 7.33. The van der Waals surface area contributed by atoms with Crippen molar-refractivity contribution in [3.8, 4) is 17.1 Å². The second-order valence-corrected chi connectivity index (χ2v) is 12.7. The lowest BCUT2D eigenvalue weighted by atomic mass is 10.1. The van der Waals surface area contributed by atoms with Gasteiger partial charge in [0.1, 0.15) is 5.52 Å². The summed E-state index contributed by atoms with van der Waals surface area (Å²) < 4.78 is 14.1. The number of fused-ring (bicyclic) bond motifs is 7. The molecule has 8 aromatic rings. The number of benzene rings is 5. The van der Waals surface area contributed by atoms with Crippen LogP contribution >= 0.6 is 22.9 Å². The number of nitrogens with zero attached hydrogens (tertiary/aromatic N) is 2. The van der Waals surface area contributed by atoms with E-state index < -0.39 is 0 Å². The normalized spacial score (nSPS) is 11.4. The molecule has 0 bridgehead atoms. The largest absolute Gasteiger partial charge is 0.435 e. The van der Waals surface area contributed by atoms with Crippen LogP contribution in [0.1, 0.15) is 37.6 Å². The van der Waals surface area contributed by atoms with Crippen molar-refractivity contribution in [3.05, 3.63) is 119 Å². The zero-order valence-electron chi connectivity index (χ0n) is 27.3. The van der Waals surface area contributed by atoms with Crippen molar-refractivity contribution in [1.29, 1.82) is 0 Å². The van der Waals surface area contributed by atoms with Crippen molar-refractivity contribution < 1.29 is 9.15 Å². The summed E-state index contributed by atoms with van der Waals surface area (Å²) in [6.07, 6.45) is 7.25. The van der Waals surface area contributed by atoms with E-state index in [2.05, 4.69) is 121 Å². The number of aromatic nitrogens is 2. The molecular weight excluding hydrogens is 620 g/mol. The van der Waals surface area contributed by atoms with Gasteiger partial charge in [0.25, 0.3) is 0 Å². The Balaban J connectivity index is 0.000000601. The number of ether oxygens (including phenoxy) is 1. The predicted molar refractivity (Wildman–Crippen MR) is 205 cm³/mol. The van der Waals surface area contributed by atoms with E-state index in [-0.39, 0.29) is 0 Å². The quantitative estimate of drug-likeness (QED) is 0.189. The number of rotatable bonds is 4. The monoisotopic (exact) mass is 656 g/mol. The molecule has 0 fully saturated rings. The first kappa shape index (κ1) is 32.3. The minimum absolute atomic E-state index is 0.548. The fraction of sp³-hybridized carbons (Fsp3) is 0.146. The second kappa shape index (κ2) is 14.0. The van der Waals surface area contributed by atoms with E-state index in [1.807, 2.05) is 25.1 Å². The molecular formula is C41H37ClN2O2S. The van der Waals surface area contributed by atoms with Gasteiger partial charge in [0.05, 0.1) is 16.1 Å². The third kappa shape index (κ3) is 5.87. The van der Waals surface area contributed by atoms with Crippen molar-refractivity contribution in [2.24, 2.45) is 0 Å². The van der Waals surface area contributed by atoms with E-state index in [9.17, 15) is 0 Å². The fourth-order valence-electron chi connectivity index (χ4n) is 5.94. The van der Waals surface area contributed by atoms with Crippen LogP contribution in [-0.4, -0.2) is 23.8 Å². The zero-order valence-corrected chi connectivity index (χ0v) is 28.9. The van der Waals surface area contributed by atoms with Crippen molar-refractivity contribution >= 4 is 88.9 Å². The number of allylic oxidation sites excluding steroid dienone is 1. The first-order chi connectivity index (χ1) is 23.0. The summed E-state index contributed by atoms with van der Waals surface area (Å²) >= 11 is 8.36. The third-order valence-electron chi connectivity index (χ3n) is 7.77. The molecule has 5 aromatic carbocycles. The molecule has 0 aliphatic rings. The summed E-state index contributed by atoms with van der Waals surface area (Å²) in [6.45, 7) is 10.3. The first-order valence-electron chi connectivity index (χ1n) is 15.7. The SMILES string of the molecule is C=Cc1sc2cc(Cl)c3nc(-c4ccc(-n5c6ccccc6c6cc7ccccc7cc65)cc4)oc3c2c1/C=C\C.CCC.COC. The highest BCUT2D eigenvalue weighted by Gasteiger charge is 2.20. The molecule has 6 heteroatoms. The summed E-state index contributed by atoms with van der Waals surface area (Å²) in [5, 5.41) is 6.55. The summed E-state index contributed by atoms with van der Waals surface area (Å²) in [7, 11) is 3.25. The number of thiophene rings is 1. The Hall–Kier alpha value is -4.68. The maximum atomic E-state index is 6.70. The number of para-hydroxylation sites is 1. The topological polar surface area (TPSA) is 40.2 Å². The minimum atomic E-state index is 0.548. The van der Waals surface area contributed by atoms with Crippen LogP contribution in [0.25, 0.3) is 83.1 Å². The van der Waals surface area contributed by atoms with Crippen LogP contribution in [0.3, 0.4) is 0 Å². The Morgan fingerprint density at radius 1 is 0.894 bits per heavy atom. The van der Waals surface area contributed by atoms with E-state index in [4.69, 9.17) is 21.0 Å². The summed E-state index contributed by atoms with van der Waals surface area (Å²) in [5.74, 6) is 0.548. The van der Waals surface area contributed by atoms with E-state index in [1.54, 1.807) is 25.6 Å². The molecule has 3 heterocycles. The highest BCUT2D eigenvalue weighted by atomic mass is 35.5. The number of halogens is 1. The molecule has 0 atom stereocenters. The van der Waals surface area contributed by atoms with Crippen LogP contribution in [0.5, 0.6) is 0 Å². The van der Waals surface area contributed by atoms with Crippen LogP contribution < -0.4 is 0 Å². The molecule has 0 saturated heterocycles. The van der Waals surface area contributed by atoms with Gasteiger partial charge < -0.3 is 13.7 Å². The van der Waals surface area contributed by atoms with Gasteiger partial charge in [-0.1, -0.05) is 99.1 Å². The lowest BCUT2D eigenvalue weighted by Gasteiger charge is -2.09. The number of hydrogen-bond donors (Lipinski definition) is 0. The number of oxazole rings is 1. The standard InChI is InChI=1S/C36H23ClN2OS.C3H8.C2H6O/c1-3-9-26-31(4-2)41-32-20-28(37)34-35(33(26)32)40-36(38-34)21-14-16-24(17-15-21)39-29-13-8-7-12-25(29)27-18-22-10-5-6-11-23(22)19-30(27)39;2*1-3-2/h3-20H,2H2,1H3;3H2,1-2H3;1-2H3/b9-3-;;. The smallest absolute Gasteiger partial charge is 0.227 e. The molecule has 8 rings (SSSR count). The van der Waals surface area contributed by atoms with Crippen molar-refractivity contribution in [1.82, 2.24) is 9.55 Å². The van der Waals surface area contributed by atoms with Crippen LogP contribution in [0, 0.1) is 0 Å². The highest BCUT2D eigenvalue weighted by Crippen LogP contribution is 2.42. The summed E-state index contributed by atoms with van der Waals surface area (Å²) in [4.78, 5) is 5.93. The van der Waals surface area contributed by atoms with Gasteiger partial charge in [0, 0.05) is 56.8 Å². The van der Waals surface area contributed by atoms with E-state index >= 15 is 0 Å². The van der Waals surface area contributed by atoms with Crippen LogP contribution in [0.2, 0.25) is 5.02 Å². The van der Waals surface area contributed by atoms with Crippen LogP contribution in [0.4, 0.5) is 0 Å². The van der Waals surface area contributed by atoms with Gasteiger partial charge in [0.2, 0.25) is 5.89 Å². The van der Waals surface area contributed by atoms with Gasteiger partial charge in [0.15, 0.2) is 5.58 Å². The van der Waals surface area contributed by atoms with Crippen molar-refractivity contribution in [2.75, 3.05) is 14.2 Å². The Kier molecular flexibility index (Phi) is 9.60. The Labute approximate surface area is 284 Å². The average molecular weight is 657 g/mol. The summed E-state index contributed by atoms with van der Waals surface area (Å²) in [5.41, 5.74) is 6.79. The number of methoxy groups -OCH3 is 1. The van der Waals surface area contributed by atoms with Gasteiger partial charge in [-0.3, -0.25) is 0 Å². The number of hydrogen-bond acceptors (Lipinski definition) is 4. The minimum Gasteiger partial charge on any atom is -0.435 e. The van der Waals surface area contributed by atoms with Gasteiger partial charge >= 0.3 is 0 Å². The molecule has 0 aliphatic heterocycles. The third-order valence-corrected chi connectivity index (χ3v) is 9.21. The highest BCUT2D eigenvalue weighted by molar-refractivity contribution is 7.20.